The number of allylic oxidation sites excluding steroid dienone is 2. The van der Waals surface area contributed by atoms with Crippen LogP contribution in [0.15, 0.2) is 71.1 Å². The number of ether oxygens (including phenoxy) is 3. The van der Waals surface area contributed by atoms with E-state index in [1.165, 1.54) is 0 Å². The molecular weight excluding hydrogens is 418 g/mol. The third-order valence-corrected chi connectivity index (χ3v) is 5.76. The van der Waals surface area contributed by atoms with E-state index < -0.39 is 17.9 Å². The van der Waals surface area contributed by atoms with Crippen LogP contribution >= 0.6 is 0 Å². The van der Waals surface area contributed by atoms with Crippen molar-refractivity contribution in [2.75, 3.05) is 25.2 Å². The van der Waals surface area contributed by atoms with E-state index in [0.717, 1.165) is 16.8 Å². The van der Waals surface area contributed by atoms with Crippen molar-refractivity contribution in [3.63, 3.8) is 0 Å². The second kappa shape index (κ2) is 10.4. The summed E-state index contributed by atoms with van der Waals surface area (Å²) < 4.78 is 16.2. The summed E-state index contributed by atoms with van der Waals surface area (Å²) in [7, 11) is 1.61. The molecule has 0 atom stereocenters. The van der Waals surface area contributed by atoms with E-state index in [1.54, 1.807) is 21.0 Å². The lowest BCUT2D eigenvalue weighted by Crippen LogP contribution is -2.35. The number of methoxy groups -OCH3 is 1. The first-order chi connectivity index (χ1) is 15.8. The van der Waals surface area contributed by atoms with Crippen LogP contribution in [0.5, 0.6) is 5.75 Å². The van der Waals surface area contributed by atoms with Crippen molar-refractivity contribution in [2.45, 2.75) is 40.5 Å². The van der Waals surface area contributed by atoms with E-state index in [1.807, 2.05) is 74.2 Å². The number of carbonyl (C=O) groups is 2. The zero-order chi connectivity index (χ0) is 24.1. The number of nitrogens with zero attached hydrogens (tertiary/aromatic N) is 1. The molecule has 0 aliphatic carbocycles. The Hall–Kier alpha value is -3.54. The van der Waals surface area contributed by atoms with Crippen LogP contribution in [0.25, 0.3) is 0 Å². The predicted octanol–water partition coefficient (Wildman–Crippen LogP) is 5.28. The summed E-state index contributed by atoms with van der Waals surface area (Å²) in [6.07, 6.45) is 0. The van der Waals surface area contributed by atoms with Gasteiger partial charge in [0.2, 0.25) is 0 Å². The lowest BCUT2D eigenvalue weighted by molar-refractivity contribution is -0.139. The number of carbonyl (C=O) groups excluding carboxylic acids is 2. The Morgan fingerprint density at radius 2 is 1.27 bits per heavy atom. The standard InChI is InChI=1S/C27H31NO5/c1-7-32-26(29)23-18(4)28(21-13-15-22(31-6)16-14-21)19(5)24(27(30)33-8-2)25(23)20-11-9-17(3)10-12-20/h9-16,25H,7-8H2,1-6H3. The van der Waals surface area contributed by atoms with Gasteiger partial charge < -0.3 is 19.1 Å². The van der Waals surface area contributed by atoms with Gasteiger partial charge in [0.25, 0.3) is 0 Å². The Labute approximate surface area is 195 Å². The molecule has 0 saturated carbocycles. The molecule has 6 nitrogen and oxygen atoms in total. The first-order valence-corrected chi connectivity index (χ1v) is 11.1. The minimum absolute atomic E-state index is 0.232. The highest BCUT2D eigenvalue weighted by molar-refractivity contribution is 6.01. The first kappa shape index (κ1) is 24.1. The smallest absolute Gasteiger partial charge is 0.336 e. The molecule has 6 heteroatoms. The first-order valence-electron chi connectivity index (χ1n) is 11.1. The largest absolute Gasteiger partial charge is 0.497 e. The van der Waals surface area contributed by atoms with Gasteiger partial charge in [-0.1, -0.05) is 29.8 Å². The third-order valence-electron chi connectivity index (χ3n) is 5.76. The zero-order valence-corrected chi connectivity index (χ0v) is 20.1. The molecule has 0 radical (unpaired) electrons. The minimum atomic E-state index is -0.599. The quantitative estimate of drug-likeness (QED) is 0.536. The molecule has 1 aliphatic heterocycles. The van der Waals surface area contributed by atoms with Gasteiger partial charge in [-0.15, -0.1) is 0 Å². The number of anilines is 1. The lowest BCUT2D eigenvalue weighted by Gasteiger charge is -2.38. The molecule has 0 amide bonds. The molecule has 0 spiro atoms. The van der Waals surface area contributed by atoms with Crippen molar-refractivity contribution in [1.82, 2.24) is 0 Å². The van der Waals surface area contributed by atoms with Crippen LogP contribution in [0, 0.1) is 6.92 Å². The van der Waals surface area contributed by atoms with Crippen LogP contribution in [0.1, 0.15) is 44.7 Å². The van der Waals surface area contributed by atoms with Gasteiger partial charge in [0.05, 0.1) is 37.4 Å². The highest BCUT2D eigenvalue weighted by atomic mass is 16.5. The maximum Gasteiger partial charge on any atom is 0.336 e. The van der Waals surface area contributed by atoms with E-state index in [9.17, 15) is 9.59 Å². The molecule has 0 aromatic heterocycles. The Bertz CT molecular complexity index is 1040. The highest BCUT2D eigenvalue weighted by Crippen LogP contribution is 2.44. The maximum absolute atomic E-state index is 13.3. The topological polar surface area (TPSA) is 65.1 Å². The summed E-state index contributed by atoms with van der Waals surface area (Å²) in [6, 6.07) is 15.3. The van der Waals surface area contributed by atoms with Crippen LogP contribution in [0.3, 0.4) is 0 Å². The van der Waals surface area contributed by atoms with Crippen molar-refractivity contribution >= 4 is 17.6 Å². The van der Waals surface area contributed by atoms with Crippen molar-refractivity contribution in [1.29, 1.82) is 0 Å². The fraction of sp³-hybridized carbons (Fsp3) is 0.333. The molecule has 0 bridgehead atoms. The van der Waals surface area contributed by atoms with Gasteiger partial charge in [-0.25, -0.2) is 9.59 Å². The second-order valence-corrected chi connectivity index (χ2v) is 7.82. The highest BCUT2D eigenvalue weighted by Gasteiger charge is 2.41. The van der Waals surface area contributed by atoms with Crippen LogP contribution in [-0.2, 0) is 19.1 Å². The van der Waals surface area contributed by atoms with Gasteiger partial charge >= 0.3 is 11.9 Å². The summed E-state index contributed by atoms with van der Waals surface area (Å²) in [5, 5.41) is 0. The van der Waals surface area contributed by atoms with Gasteiger partial charge in [-0.05, 0) is 64.4 Å². The van der Waals surface area contributed by atoms with Crippen LogP contribution in [0.4, 0.5) is 5.69 Å². The van der Waals surface area contributed by atoms with E-state index in [-0.39, 0.29) is 13.2 Å². The maximum atomic E-state index is 13.3. The molecule has 0 fully saturated rings. The number of hydrogen-bond acceptors (Lipinski definition) is 6. The summed E-state index contributed by atoms with van der Waals surface area (Å²) >= 11 is 0. The number of benzene rings is 2. The molecule has 2 aromatic carbocycles. The fourth-order valence-electron chi connectivity index (χ4n) is 4.21. The average molecular weight is 450 g/mol. The van der Waals surface area contributed by atoms with Gasteiger partial charge in [0.15, 0.2) is 0 Å². The number of rotatable bonds is 7. The Kier molecular flexibility index (Phi) is 7.59. The van der Waals surface area contributed by atoms with E-state index in [0.29, 0.717) is 28.3 Å². The second-order valence-electron chi connectivity index (χ2n) is 7.82. The molecule has 3 rings (SSSR count). The average Bonchev–Trinajstić information content (AvgIpc) is 2.80. The number of aryl methyl sites for hydroxylation is 1. The van der Waals surface area contributed by atoms with Gasteiger partial charge in [0.1, 0.15) is 5.75 Å². The van der Waals surface area contributed by atoms with Crippen LogP contribution in [-0.4, -0.2) is 32.3 Å². The number of esters is 2. The fourth-order valence-corrected chi connectivity index (χ4v) is 4.21. The summed E-state index contributed by atoms with van der Waals surface area (Å²) in [6.45, 7) is 9.76. The Morgan fingerprint density at radius 1 is 0.788 bits per heavy atom. The molecule has 1 heterocycles. The SMILES string of the molecule is CCOC(=O)C1=C(C)N(c2ccc(OC)cc2)C(C)=C(C(=O)OCC)C1c1ccc(C)cc1. The van der Waals surface area contributed by atoms with Gasteiger partial charge in [0, 0.05) is 17.1 Å². The molecule has 0 unspecified atom stereocenters. The molecule has 174 valence electrons. The van der Waals surface area contributed by atoms with Crippen molar-refractivity contribution < 1.29 is 23.8 Å². The van der Waals surface area contributed by atoms with Crippen LogP contribution in [0.2, 0.25) is 0 Å². The molecule has 1 aliphatic rings. The summed E-state index contributed by atoms with van der Waals surface area (Å²) in [4.78, 5) is 28.4. The lowest BCUT2D eigenvalue weighted by atomic mass is 9.79. The third kappa shape index (κ3) is 4.80. The van der Waals surface area contributed by atoms with Crippen molar-refractivity contribution in [3.05, 3.63) is 82.2 Å². The van der Waals surface area contributed by atoms with E-state index in [4.69, 9.17) is 14.2 Å². The Morgan fingerprint density at radius 3 is 1.70 bits per heavy atom. The molecule has 0 saturated heterocycles. The van der Waals surface area contributed by atoms with Gasteiger partial charge in [-0.3, -0.25) is 0 Å². The van der Waals surface area contributed by atoms with Crippen LogP contribution < -0.4 is 9.64 Å². The monoisotopic (exact) mass is 449 g/mol. The predicted molar refractivity (Wildman–Crippen MR) is 128 cm³/mol. The normalized spacial score (nSPS) is 14.4. The zero-order valence-electron chi connectivity index (χ0n) is 20.1. The van der Waals surface area contributed by atoms with Crippen molar-refractivity contribution in [2.24, 2.45) is 0 Å². The molecular formula is C27H31NO5. The molecule has 0 N–H and O–H groups in total. The van der Waals surface area contributed by atoms with Gasteiger partial charge in [-0.2, -0.15) is 0 Å². The minimum Gasteiger partial charge on any atom is -0.497 e. The molecule has 2 aromatic rings. The van der Waals surface area contributed by atoms with E-state index >= 15 is 0 Å². The molecule has 33 heavy (non-hydrogen) atoms. The Balaban J connectivity index is 2.29. The van der Waals surface area contributed by atoms with E-state index in [2.05, 4.69) is 0 Å². The van der Waals surface area contributed by atoms with Crippen molar-refractivity contribution in [3.8, 4) is 5.75 Å². The summed E-state index contributed by atoms with van der Waals surface area (Å²) in [5.74, 6) is -0.784. The number of hydrogen-bond donors (Lipinski definition) is 0. The summed E-state index contributed by atoms with van der Waals surface area (Å²) in [5.41, 5.74) is 4.97.